The van der Waals surface area contributed by atoms with Gasteiger partial charge in [0.15, 0.2) is 0 Å². The summed E-state index contributed by atoms with van der Waals surface area (Å²) in [6, 6.07) is 15.9. The first-order valence-corrected chi connectivity index (χ1v) is 8.61. The normalized spacial score (nSPS) is 10.4. The monoisotopic (exact) mass is 346 g/mol. The van der Waals surface area contributed by atoms with Crippen LogP contribution in [0.1, 0.15) is 28.4 Å². The number of aryl methyl sites for hydroxylation is 2. The van der Waals surface area contributed by atoms with Gasteiger partial charge in [-0.3, -0.25) is 4.79 Å². The maximum Gasteiger partial charge on any atom is 0.258 e. The number of anilines is 3. The molecule has 5 heteroatoms. The molecule has 0 saturated carbocycles. The molecule has 0 aliphatic carbocycles. The van der Waals surface area contributed by atoms with E-state index in [1.807, 2.05) is 68.1 Å². The van der Waals surface area contributed by atoms with Gasteiger partial charge in [0, 0.05) is 30.3 Å². The van der Waals surface area contributed by atoms with Gasteiger partial charge in [0.05, 0.1) is 5.56 Å². The Morgan fingerprint density at radius 1 is 1.00 bits per heavy atom. The van der Waals surface area contributed by atoms with Gasteiger partial charge in [0.1, 0.15) is 0 Å². The first kappa shape index (κ1) is 17.6. The fraction of sp³-hybridized carbons (Fsp3) is 0.190. The minimum absolute atomic E-state index is 0.218. The van der Waals surface area contributed by atoms with Crippen molar-refractivity contribution in [3.63, 3.8) is 0 Å². The van der Waals surface area contributed by atoms with Crippen LogP contribution in [0.4, 0.5) is 17.3 Å². The summed E-state index contributed by atoms with van der Waals surface area (Å²) >= 11 is 0. The maximum absolute atomic E-state index is 12.5. The molecule has 0 fully saturated rings. The molecular formula is C21H22N4O. The van der Waals surface area contributed by atoms with Crippen LogP contribution >= 0.6 is 0 Å². The van der Waals surface area contributed by atoms with Crippen LogP contribution in [-0.4, -0.2) is 22.4 Å². The first-order chi connectivity index (χ1) is 12.6. The van der Waals surface area contributed by atoms with E-state index in [1.165, 1.54) is 0 Å². The van der Waals surface area contributed by atoms with Crippen molar-refractivity contribution in [2.24, 2.45) is 0 Å². The Hall–Kier alpha value is -3.21. The van der Waals surface area contributed by atoms with Crippen molar-refractivity contribution in [3.05, 3.63) is 77.6 Å². The van der Waals surface area contributed by atoms with Gasteiger partial charge in [-0.25, -0.2) is 9.97 Å². The minimum atomic E-state index is -0.218. The van der Waals surface area contributed by atoms with E-state index in [9.17, 15) is 4.79 Å². The van der Waals surface area contributed by atoms with Crippen molar-refractivity contribution >= 4 is 23.2 Å². The Labute approximate surface area is 153 Å². The molecule has 5 nitrogen and oxygen atoms in total. The molecule has 3 rings (SSSR count). The lowest BCUT2D eigenvalue weighted by Crippen LogP contribution is -2.20. The Balaban J connectivity index is 1.77. The van der Waals surface area contributed by atoms with Gasteiger partial charge < -0.3 is 10.2 Å². The van der Waals surface area contributed by atoms with Crippen LogP contribution in [0.2, 0.25) is 0 Å². The van der Waals surface area contributed by atoms with Crippen molar-refractivity contribution in [1.82, 2.24) is 9.97 Å². The lowest BCUT2D eigenvalue weighted by molar-refractivity contribution is 0.102. The van der Waals surface area contributed by atoms with Crippen LogP contribution in [-0.2, 0) is 0 Å². The summed E-state index contributed by atoms with van der Waals surface area (Å²) in [7, 11) is 0. The van der Waals surface area contributed by atoms with Crippen molar-refractivity contribution in [2.75, 3.05) is 16.8 Å². The standard InChI is InChI=1S/C21H22N4O/c1-4-25(19-8-6-5-7-9-19)21-22-13-17(14-23-21)20(26)24-18-11-15(2)10-16(3)12-18/h5-14H,4H2,1-3H3,(H,24,26). The highest BCUT2D eigenvalue weighted by atomic mass is 16.1. The van der Waals surface area contributed by atoms with Gasteiger partial charge in [-0.2, -0.15) is 0 Å². The number of amides is 1. The average Bonchev–Trinajstić information content (AvgIpc) is 2.63. The van der Waals surface area contributed by atoms with Crippen LogP contribution in [0.25, 0.3) is 0 Å². The molecule has 1 amide bonds. The van der Waals surface area contributed by atoms with Crippen LogP contribution in [0.15, 0.2) is 60.9 Å². The van der Waals surface area contributed by atoms with E-state index in [2.05, 4.69) is 21.4 Å². The zero-order valence-corrected chi connectivity index (χ0v) is 15.2. The van der Waals surface area contributed by atoms with Gasteiger partial charge >= 0.3 is 0 Å². The highest BCUT2D eigenvalue weighted by Gasteiger charge is 2.12. The maximum atomic E-state index is 12.5. The number of hydrogen-bond donors (Lipinski definition) is 1. The smallest absolute Gasteiger partial charge is 0.258 e. The lowest BCUT2D eigenvalue weighted by atomic mass is 10.1. The van der Waals surface area contributed by atoms with Gasteiger partial charge in [0.2, 0.25) is 5.95 Å². The Morgan fingerprint density at radius 3 is 2.19 bits per heavy atom. The second-order valence-corrected chi connectivity index (χ2v) is 6.18. The van der Waals surface area contributed by atoms with E-state index in [0.717, 1.165) is 29.0 Å². The number of carbonyl (C=O) groups is 1. The largest absolute Gasteiger partial charge is 0.322 e. The summed E-state index contributed by atoms with van der Waals surface area (Å²) in [6.45, 7) is 6.78. The predicted octanol–water partition coefficient (Wildman–Crippen LogP) is 4.50. The van der Waals surface area contributed by atoms with Gasteiger partial charge in [-0.15, -0.1) is 0 Å². The van der Waals surface area contributed by atoms with Gasteiger partial charge in [-0.05, 0) is 56.2 Å². The molecule has 0 aliphatic rings. The molecule has 26 heavy (non-hydrogen) atoms. The highest BCUT2D eigenvalue weighted by molar-refractivity contribution is 6.04. The molecule has 0 atom stereocenters. The third kappa shape index (κ3) is 4.06. The van der Waals surface area contributed by atoms with Crippen LogP contribution in [0.3, 0.4) is 0 Å². The Kier molecular flexibility index (Phi) is 5.27. The number of nitrogens with zero attached hydrogens (tertiary/aromatic N) is 3. The highest BCUT2D eigenvalue weighted by Crippen LogP contribution is 2.21. The first-order valence-electron chi connectivity index (χ1n) is 8.61. The van der Waals surface area contributed by atoms with E-state index >= 15 is 0 Å². The molecule has 0 saturated heterocycles. The van der Waals surface area contributed by atoms with Crippen molar-refractivity contribution in [3.8, 4) is 0 Å². The van der Waals surface area contributed by atoms with E-state index < -0.39 is 0 Å². The third-order valence-corrected chi connectivity index (χ3v) is 4.01. The van der Waals surface area contributed by atoms with Gasteiger partial charge in [-0.1, -0.05) is 24.3 Å². The summed E-state index contributed by atoms with van der Waals surface area (Å²) in [6.07, 6.45) is 3.12. The quantitative estimate of drug-likeness (QED) is 0.739. The lowest BCUT2D eigenvalue weighted by Gasteiger charge is -2.20. The summed E-state index contributed by atoms with van der Waals surface area (Å²) in [5.41, 5.74) is 4.43. The Bertz CT molecular complexity index is 871. The molecular weight excluding hydrogens is 324 g/mol. The number of nitrogens with one attached hydrogen (secondary N) is 1. The third-order valence-electron chi connectivity index (χ3n) is 4.01. The second kappa shape index (κ2) is 7.78. The summed E-state index contributed by atoms with van der Waals surface area (Å²) in [5, 5.41) is 2.90. The fourth-order valence-electron chi connectivity index (χ4n) is 2.88. The fourth-order valence-corrected chi connectivity index (χ4v) is 2.88. The van der Waals surface area contributed by atoms with Crippen molar-refractivity contribution in [1.29, 1.82) is 0 Å². The summed E-state index contributed by atoms with van der Waals surface area (Å²) in [5.74, 6) is 0.353. The molecule has 1 heterocycles. The summed E-state index contributed by atoms with van der Waals surface area (Å²) in [4.78, 5) is 23.2. The van der Waals surface area contributed by atoms with Crippen LogP contribution < -0.4 is 10.2 Å². The molecule has 0 bridgehead atoms. The zero-order chi connectivity index (χ0) is 18.5. The van der Waals surface area contributed by atoms with Crippen molar-refractivity contribution < 1.29 is 4.79 Å². The number of benzene rings is 2. The van der Waals surface area contributed by atoms with Crippen molar-refractivity contribution in [2.45, 2.75) is 20.8 Å². The molecule has 0 radical (unpaired) electrons. The van der Waals surface area contributed by atoms with Crippen LogP contribution in [0.5, 0.6) is 0 Å². The summed E-state index contributed by atoms with van der Waals surface area (Å²) < 4.78 is 0. The zero-order valence-electron chi connectivity index (χ0n) is 15.2. The minimum Gasteiger partial charge on any atom is -0.322 e. The van der Waals surface area contributed by atoms with E-state index in [4.69, 9.17) is 0 Å². The topological polar surface area (TPSA) is 58.1 Å². The predicted molar refractivity (Wildman–Crippen MR) is 105 cm³/mol. The van der Waals surface area contributed by atoms with E-state index in [-0.39, 0.29) is 5.91 Å². The molecule has 132 valence electrons. The molecule has 1 aromatic heterocycles. The molecule has 3 aromatic rings. The van der Waals surface area contributed by atoms with Gasteiger partial charge in [0.25, 0.3) is 5.91 Å². The number of para-hydroxylation sites is 1. The number of rotatable bonds is 5. The number of carbonyl (C=O) groups excluding carboxylic acids is 1. The average molecular weight is 346 g/mol. The SMILES string of the molecule is CCN(c1ccccc1)c1ncc(C(=O)Nc2cc(C)cc(C)c2)cn1. The molecule has 2 aromatic carbocycles. The Morgan fingerprint density at radius 2 is 1.62 bits per heavy atom. The molecule has 0 spiro atoms. The van der Waals surface area contributed by atoms with E-state index in [1.54, 1.807) is 12.4 Å². The number of aromatic nitrogens is 2. The molecule has 0 unspecified atom stereocenters. The van der Waals surface area contributed by atoms with Crippen LogP contribution in [0, 0.1) is 13.8 Å². The van der Waals surface area contributed by atoms with E-state index in [0.29, 0.717) is 11.5 Å². The molecule has 1 N–H and O–H groups in total. The molecule has 0 aliphatic heterocycles. The number of hydrogen-bond acceptors (Lipinski definition) is 4. The second-order valence-electron chi connectivity index (χ2n) is 6.18.